The predicted molar refractivity (Wildman–Crippen MR) is 144 cm³/mol. The molecule has 6 rings (SSSR count). The van der Waals surface area contributed by atoms with Crippen molar-refractivity contribution >= 4 is 46.4 Å². The number of carbonyl (C=O) groups is 2. The number of benzene rings is 3. The number of pyridine rings is 1. The maximum Gasteiger partial charge on any atom is 0.416 e. The van der Waals surface area contributed by atoms with Crippen LogP contribution >= 0.6 is 23.2 Å². The quantitative estimate of drug-likeness (QED) is 0.211. The monoisotopic (exact) mass is 617 g/mol. The molecule has 3 heterocycles. The van der Waals surface area contributed by atoms with Crippen LogP contribution < -0.4 is 10.6 Å². The smallest absolute Gasteiger partial charge is 0.341 e. The van der Waals surface area contributed by atoms with E-state index in [1.165, 1.54) is 22.6 Å². The number of rotatable bonds is 4. The Morgan fingerprint density at radius 3 is 2.48 bits per heavy atom. The number of carbonyl (C=O) groups excluding carboxylic acids is 2. The Morgan fingerprint density at radius 1 is 0.929 bits per heavy atom. The van der Waals surface area contributed by atoms with Gasteiger partial charge in [-0.2, -0.15) is 13.2 Å². The van der Waals surface area contributed by atoms with Crippen LogP contribution in [0.25, 0.3) is 16.8 Å². The van der Waals surface area contributed by atoms with E-state index in [-0.39, 0.29) is 38.8 Å². The fraction of sp³-hybridized carbons (Fsp3) is 0.0714. The summed E-state index contributed by atoms with van der Waals surface area (Å²) < 4.78 is 69.7. The molecular weight excluding hydrogens is 604 g/mol. The molecule has 0 bridgehead atoms. The third-order valence-corrected chi connectivity index (χ3v) is 7.29. The lowest BCUT2D eigenvalue weighted by molar-refractivity contribution is -0.137. The number of alkyl halides is 3. The molecule has 0 radical (unpaired) electrons. The summed E-state index contributed by atoms with van der Waals surface area (Å²) in [7, 11) is 0. The van der Waals surface area contributed by atoms with Gasteiger partial charge in [0.2, 0.25) is 5.28 Å². The SMILES string of the molecule is O=C(Nc1cc(-c2ccc3nnc(Cl)n3c2)cc2c1C(c1cc(F)ccc1Cl)NC2=O)c1cc(F)cc(C(F)(F)F)c1. The number of nitrogens with one attached hydrogen (secondary N) is 2. The highest BCUT2D eigenvalue weighted by molar-refractivity contribution is 6.31. The van der Waals surface area contributed by atoms with E-state index in [4.69, 9.17) is 23.2 Å². The first-order valence-electron chi connectivity index (χ1n) is 12.0. The van der Waals surface area contributed by atoms with Crippen molar-refractivity contribution in [3.8, 4) is 11.1 Å². The van der Waals surface area contributed by atoms with Crippen molar-refractivity contribution in [1.82, 2.24) is 19.9 Å². The van der Waals surface area contributed by atoms with Crippen molar-refractivity contribution in [3.05, 3.63) is 117 Å². The zero-order valence-corrected chi connectivity index (χ0v) is 22.2. The van der Waals surface area contributed by atoms with Crippen molar-refractivity contribution in [3.63, 3.8) is 0 Å². The molecule has 2 amide bonds. The summed E-state index contributed by atoms with van der Waals surface area (Å²) in [6, 6.07) is 10.2. The highest BCUT2D eigenvalue weighted by atomic mass is 35.5. The van der Waals surface area contributed by atoms with E-state index in [1.54, 1.807) is 18.3 Å². The Labute approximate surface area is 242 Å². The zero-order chi connectivity index (χ0) is 29.9. The molecular formula is C28H14Cl2F5N5O2. The predicted octanol–water partition coefficient (Wildman–Crippen LogP) is 7.09. The summed E-state index contributed by atoms with van der Waals surface area (Å²) in [6.45, 7) is 0. The molecule has 3 aromatic carbocycles. The Bertz CT molecular complexity index is 1940. The van der Waals surface area contributed by atoms with E-state index in [2.05, 4.69) is 20.8 Å². The molecule has 1 atom stereocenters. The van der Waals surface area contributed by atoms with E-state index in [1.807, 2.05) is 0 Å². The van der Waals surface area contributed by atoms with Crippen molar-refractivity contribution < 1.29 is 31.5 Å². The molecule has 2 N–H and O–H groups in total. The second-order valence-electron chi connectivity index (χ2n) is 9.35. The van der Waals surface area contributed by atoms with Gasteiger partial charge in [-0.1, -0.05) is 11.6 Å². The first kappa shape index (κ1) is 27.6. The Balaban J connectivity index is 1.52. The number of anilines is 1. The van der Waals surface area contributed by atoms with E-state index in [0.717, 1.165) is 12.1 Å². The van der Waals surface area contributed by atoms with Crippen LogP contribution in [-0.2, 0) is 6.18 Å². The molecule has 1 aliphatic heterocycles. The van der Waals surface area contributed by atoms with E-state index in [9.17, 15) is 31.5 Å². The molecule has 0 saturated carbocycles. The molecule has 42 heavy (non-hydrogen) atoms. The van der Waals surface area contributed by atoms with E-state index in [0.29, 0.717) is 28.9 Å². The van der Waals surface area contributed by atoms with Gasteiger partial charge in [-0.05, 0) is 83.4 Å². The Hall–Kier alpha value is -4.55. The van der Waals surface area contributed by atoms with Gasteiger partial charge in [0.1, 0.15) is 11.6 Å². The first-order valence-corrected chi connectivity index (χ1v) is 12.8. The lowest BCUT2D eigenvalue weighted by atomic mass is 9.93. The molecule has 0 aliphatic carbocycles. The fourth-order valence-electron chi connectivity index (χ4n) is 4.78. The second-order valence-corrected chi connectivity index (χ2v) is 10.1. The number of hydrogen-bond acceptors (Lipinski definition) is 4. The normalized spacial score (nSPS) is 14.6. The van der Waals surface area contributed by atoms with Crippen LogP contribution in [0.15, 0.2) is 66.9 Å². The Morgan fingerprint density at radius 2 is 1.71 bits per heavy atom. The lowest BCUT2D eigenvalue weighted by Gasteiger charge is -2.19. The molecule has 14 heteroatoms. The van der Waals surface area contributed by atoms with E-state index < -0.39 is 46.8 Å². The van der Waals surface area contributed by atoms with Gasteiger partial charge in [-0.25, -0.2) is 8.78 Å². The maximum absolute atomic E-state index is 14.2. The zero-order valence-electron chi connectivity index (χ0n) is 20.7. The van der Waals surface area contributed by atoms with Gasteiger partial charge in [0.05, 0.1) is 11.6 Å². The maximum atomic E-state index is 14.2. The van der Waals surface area contributed by atoms with Gasteiger partial charge in [0.25, 0.3) is 11.8 Å². The molecule has 7 nitrogen and oxygen atoms in total. The molecule has 0 fully saturated rings. The summed E-state index contributed by atoms with van der Waals surface area (Å²) in [6.07, 6.45) is -3.32. The first-order chi connectivity index (χ1) is 19.9. The van der Waals surface area contributed by atoms with Crippen LogP contribution in [0.1, 0.15) is 43.4 Å². The minimum absolute atomic E-state index is 0.0102. The number of nitrogens with zero attached hydrogens (tertiary/aromatic N) is 3. The minimum Gasteiger partial charge on any atom is -0.341 e. The number of aromatic nitrogens is 3. The second kappa shape index (κ2) is 10.1. The summed E-state index contributed by atoms with van der Waals surface area (Å²) in [5.74, 6) is -3.58. The summed E-state index contributed by atoms with van der Waals surface area (Å²) >= 11 is 12.4. The molecule has 1 aliphatic rings. The molecule has 2 aromatic heterocycles. The number of amides is 2. The van der Waals surface area contributed by atoms with Crippen molar-refractivity contribution in [1.29, 1.82) is 0 Å². The molecule has 0 spiro atoms. The third kappa shape index (κ3) is 4.92. The molecule has 0 saturated heterocycles. The molecule has 1 unspecified atom stereocenters. The van der Waals surface area contributed by atoms with Gasteiger partial charge in [0, 0.05) is 39.2 Å². The van der Waals surface area contributed by atoms with Crippen molar-refractivity contribution in [2.24, 2.45) is 0 Å². The standard InChI is InChI=1S/C28H14Cl2F5N5O2/c29-20-3-2-16(31)10-18(20)24-23-19(26(42)37-24)7-13(12-1-4-22-38-39-27(30)40(22)11-12)8-21(23)36-25(41)14-5-15(28(33,34)35)9-17(32)6-14/h1-11,24H,(H,36,41)(H,37,42). The highest BCUT2D eigenvalue weighted by Gasteiger charge is 2.36. The van der Waals surface area contributed by atoms with Crippen LogP contribution in [0.5, 0.6) is 0 Å². The van der Waals surface area contributed by atoms with Crippen LogP contribution in [0, 0.1) is 11.6 Å². The molecule has 212 valence electrons. The minimum atomic E-state index is -4.91. The van der Waals surface area contributed by atoms with Crippen molar-refractivity contribution in [2.75, 3.05) is 5.32 Å². The van der Waals surface area contributed by atoms with Crippen LogP contribution in [-0.4, -0.2) is 26.4 Å². The highest BCUT2D eigenvalue weighted by Crippen LogP contribution is 2.42. The fourth-order valence-corrected chi connectivity index (χ4v) is 5.18. The average molecular weight is 618 g/mol. The van der Waals surface area contributed by atoms with Crippen LogP contribution in [0.4, 0.5) is 27.6 Å². The molecule has 5 aromatic rings. The largest absolute Gasteiger partial charge is 0.416 e. The van der Waals surface area contributed by atoms with Crippen LogP contribution in [0.3, 0.4) is 0 Å². The summed E-state index contributed by atoms with van der Waals surface area (Å²) in [5.41, 5.74) is -0.204. The van der Waals surface area contributed by atoms with Crippen LogP contribution in [0.2, 0.25) is 10.3 Å². The average Bonchev–Trinajstić information content (AvgIpc) is 3.48. The van der Waals surface area contributed by atoms with Crippen molar-refractivity contribution in [2.45, 2.75) is 12.2 Å². The van der Waals surface area contributed by atoms with Gasteiger partial charge in [-0.3, -0.25) is 14.0 Å². The topological polar surface area (TPSA) is 88.4 Å². The van der Waals surface area contributed by atoms with E-state index >= 15 is 0 Å². The van der Waals surface area contributed by atoms with Gasteiger partial charge < -0.3 is 10.6 Å². The number of fused-ring (bicyclic) bond motifs is 2. The lowest BCUT2D eigenvalue weighted by Crippen LogP contribution is -2.21. The van der Waals surface area contributed by atoms with Gasteiger partial charge >= 0.3 is 6.18 Å². The van der Waals surface area contributed by atoms with Gasteiger partial charge in [0.15, 0.2) is 5.65 Å². The number of hydrogen-bond donors (Lipinski definition) is 2. The van der Waals surface area contributed by atoms with Gasteiger partial charge in [-0.15, -0.1) is 10.2 Å². The Kier molecular flexibility index (Phi) is 6.62. The third-order valence-electron chi connectivity index (χ3n) is 6.69. The number of halogens is 7. The summed E-state index contributed by atoms with van der Waals surface area (Å²) in [5, 5.41) is 13.1. The summed E-state index contributed by atoms with van der Waals surface area (Å²) in [4.78, 5) is 26.4.